The number of carbonyl (C=O) groups is 3. The number of benzene rings is 2. The SMILES string of the molecule is C#CCNS(=O)(=O)c1cccc(C(=O)NCCN2C(=O)S/C(=C\c3ccccc3F)C2=O)c1. The van der Waals surface area contributed by atoms with Crippen LogP contribution in [0.3, 0.4) is 0 Å². The van der Waals surface area contributed by atoms with Crippen molar-refractivity contribution >= 4 is 44.9 Å². The number of thioether (sulfide) groups is 1. The molecule has 0 spiro atoms. The van der Waals surface area contributed by atoms with Gasteiger partial charge in [0.15, 0.2) is 0 Å². The predicted molar refractivity (Wildman–Crippen MR) is 122 cm³/mol. The van der Waals surface area contributed by atoms with Crippen molar-refractivity contribution in [3.8, 4) is 12.3 Å². The van der Waals surface area contributed by atoms with Crippen LogP contribution in [0.2, 0.25) is 0 Å². The van der Waals surface area contributed by atoms with Crippen molar-refractivity contribution in [3.63, 3.8) is 0 Å². The van der Waals surface area contributed by atoms with E-state index in [0.29, 0.717) is 11.8 Å². The van der Waals surface area contributed by atoms with E-state index in [2.05, 4.69) is 16.0 Å². The first kappa shape index (κ1) is 24.2. The van der Waals surface area contributed by atoms with Gasteiger partial charge in [0.1, 0.15) is 5.82 Å². The van der Waals surface area contributed by atoms with Crippen LogP contribution in [0, 0.1) is 18.2 Å². The Morgan fingerprint density at radius 1 is 1.18 bits per heavy atom. The molecule has 3 rings (SSSR count). The maximum absolute atomic E-state index is 13.8. The highest BCUT2D eigenvalue weighted by Gasteiger charge is 2.34. The van der Waals surface area contributed by atoms with Gasteiger partial charge < -0.3 is 5.32 Å². The number of nitrogens with one attached hydrogen (secondary N) is 2. The van der Waals surface area contributed by atoms with Crippen molar-refractivity contribution in [1.29, 1.82) is 0 Å². The second kappa shape index (κ2) is 10.4. The maximum Gasteiger partial charge on any atom is 0.293 e. The van der Waals surface area contributed by atoms with Crippen molar-refractivity contribution in [2.24, 2.45) is 0 Å². The third-order valence-electron chi connectivity index (χ3n) is 4.46. The van der Waals surface area contributed by atoms with Gasteiger partial charge in [-0.05, 0) is 42.1 Å². The van der Waals surface area contributed by atoms with E-state index in [1.54, 1.807) is 6.07 Å². The molecule has 3 amide bonds. The molecule has 1 fully saturated rings. The van der Waals surface area contributed by atoms with E-state index < -0.39 is 32.9 Å². The minimum Gasteiger partial charge on any atom is -0.350 e. The van der Waals surface area contributed by atoms with Crippen LogP contribution in [0.15, 0.2) is 58.3 Å². The Morgan fingerprint density at radius 3 is 2.67 bits per heavy atom. The molecule has 0 aromatic heterocycles. The number of hydrogen-bond acceptors (Lipinski definition) is 6. The number of terminal acetylenes is 1. The normalized spacial score (nSPS) is 15.0. The average molecular weight is 488 g/mol. The molecule has 170 valence electrons. The van der Waals surface area contributed by atoms with E-state index in [1.807, 2.05) is 0 Å². The Balaban J connectivity index is 1.62. The summed E-state index contributed by atoms with van der Waals surface area (Å²) in [6.45, 7) is -0.356. The zero-order valence-electron chi connectivity index (χ0n) is 17.1. The molecule has 0 radical (unpaired) electrons. The van der Waals surface area contributed by atoms with Gasteiger partial charge in [-0.1, -0.05) is 30.2 Å². The standard InChI is InChI=1S/C22H18FN3O5S2/c1-2-10-25-33(30,31)17-8-5-7-16(13-17)20(27)24-11-12-26-21(28)19(32-22(26)29)14-15-6-3-4-9-18(15)23/h1,3-9,13-14,25H,10-12H2,(H,24,27)/b19-14-. The Kier molecular flexibility index (Phi) is 7.65. The zero-order valence-corrected chi connectivity index (χ0v) is 18.7. The van der Waals surface area contributed by atoms with E-state index >= 15 is 0 Å². The molecular formula is C22H18FN3O5S2. The van der Waals surface area contributed by atoms with E-state index in [0.717, 1.165) is 4.90 Å². The smallest absolute Gasteiger partial charge is 0.293 e. The van der Waals surface area contributed by atoms with Gasteiger partial charge in [-0.15, -0.1) is 6.42 Å². The number of hydrogen-bond donors (Lipinski definition) is 2. The number of nitrogens with zero attached hydrogens (tertiary/aromatic N) is 1. The van der Waals surface area contributed by atoms with Crippen LogP contribution in [0.4, 0.5) is 9.18 Å². The number of rotatable bonds is 8. The summed E-state index contributed by atoms with van der Waals surface area (Å²) in [5, 5.41) is 2.00. The fourth-order valence-electron chi connectivity index (χ4n) is 2.83. The van der Waals surface area contributed by atoms with Crippen LogP contribution in [-0.4, -0.2) is 50.0 Å². The minimum atomic E-state index is -3.87. The molecule has 8 nitrogen and oxygen atoms in total. The lowest BCUT2D eigenvalue weighted by Gasteiger charge is -2.13. The monoisotopic (exact) mass is 487 g/mol. The predicted octanol–water partition coefficient (Wildman–Crippen LogP) is 2.20. The fraction of sp³-hybridized carbons (Fsp3) is 0.136. The first-order valence-electron chi connectivity index (χ1n) is 9.54. The quantitative estimate of drug-likeness (QED) is 0.436. The third-order valence-corrected chi connectivity index (χ3v) is 6.76. The van der Waals surface area contributed by atoms with E-state index in [-0.39, 0.29) is 40.6 Å². The molecule has 0 saturated carbocycles. The molecule has 0 bridgehead atoms. The van der Waals surface area contributed by atoms with Gasteiger partial charge in [-0.3, -0.25) is 19.3 Å². The molecular weight excluding hydrogens is 469 g/mol. The topological polar surface area (TPSA) is 113 Å². The number of halogens is 1. The largest absolute Gasteiger partial charge is 0.350 e. The Morgan fingerprint density at radius 2 is 1.94 bits per heavy atom. The van der Waals surface area contributed by atoms with Crippen LogP contribution in [0.25, 0.3) is 6.08 Å². The molecule has 33 heavy (non-hydrogen) atoms. The van der Waals surface area contributed by atoms with Gasteiger partial charge in [-0.25, -0.2) is 12.8 Å². The van der Waals surface area contributed by atoms with E-state index in [1.165, 1.54) is 48.5 Å². The molecule has 0 unspecified atom stereocenters. The summed E-state index contributed by atoms with van der Waals surface area (Å²) in [6.07, 6.45) is 6.36. The average Bonchev–Trinajstić information content (AvgIpc) is 3.06. The van der Waals surface area contributed by atoms with E-state index in [4.69, 9.17) is 6.42 Å². The number of sulfonamides is 1. The first-order chi connectivity index (χ1) is 15.7. The Labute approximate surface area is 194 Å². The van der Waals surface area contributed by atoms with Crippen LogP contribution in [-0.2, 0) is 14.8 Å². The lowest BCUT2D eigenvalue weighted by molar-refractivity contribution is -0.122. The summed E-state index contributed by atoms with van der Waals surface area (Å²) >= 11 is 0.683. The van der Waals surface area contributed by atoms with Gasteiger partial charge in [0.25, 0.3) is 17.1 Å². The molecule has 2 aromatic carbocycles. The highest BCUT2D eigenvalue weighted by Crippen LogP contribution is 2.32. The zero-order chi connectivity index (χ0) is 24.0. The maximum atomic E-state index is 13.8. The van der Waals surface area contributed by atoms with Crippen molar-refractivity contribution < 1.29 is 27.2 Å². The molecule has 2 aromatic rings. The van der Waals surface area contributed by atoms with E-state index in [9.17, 15) is 27.2 Å². The lowest BCUT2D eigenvalue weighted by atomic mass is 10.2. The second-order valence-electron chi connectivity index (χ2n) is 6.67. The molecule has 0 aliphatic carbocycles. The third kappa shape index (κ3) is 5.87. The van der Waals surface area contributed by atoms with Crippen LogP contribution >= 0.6 is 11.8 Å². The molecule has 1 aliphatic rings. The van der Waals surface area contributed by atoms with Gasteiger partial charge in [-0.2, -0.15) is 4.72 Å². The molecule has 2 N–H and O–H groups in total. The Hall–Kier alpha value is -3.46. The van der Waals surface area contributed by atoms with Gasteiger partial charge in [0.05, 0.1) is 16.3 Å². The lowest BCUT2D eigenvalue weighted by Crippen LogP contribution is -2.37. The summed E-state index contributed by atoms with van der Waals surface area (Å²) in [7, 11) is -3.87. The highest BCUT2D eigenvalue weighted by atomic mass is 32.2. The summed E-state index contributed by atoms with van der Waals surface area (Å²) in [5.74, 6) is 0.467. The van der Waals surface area contributed by atoms with Crippen molar-refractivity contribution in [1.82, 2.24) is 14.9 Å². The number of amides is 3. The van der Waals surface area contributed by atoms with Crippen LogP contribution in [0.1, 0.15) is 15.9 Å². The summed E-state index contributed by atoms with van der Waals surface area (Å²) in [6, 6.07) is 11.2. The van der Waals surface area contributed by atoms with Gasteiger partial charge in [0, 0.05) is 24.2 Å². The highest BCUT2D eigenvalue weighted by molar-refractivity contribution is 8.18. The molecule has 1 saturated heterocycles. The van der Waals surface area contributed by atoms with Crippen molar-refractivity contribution in [2.75, 3.05) is 19.6 Å². The molecule has 11 heteroatoms. The summed E-state index contributed by atoms with van der Waals surface area (Å²) < 4.78 is 40.3. The fourth-order valence-corrected chi connectivity index (χ4v) is 4.67. The van der Waals surface area contributed by atoms with Crippen LogP contribution in [0.5, 0.6) is 0 Å². The van der Waals surface area contributed by atoms with Gasteiger partial charge in [0.2, 0.25) is 10.0 Å². The molecule has 0 atom stereocenters. The second-order valence-corrected chi connectivity index (χ2v) is 9.43. The minimum absolute atomic E-state index is 0.0594. The van der Waals surface area contributed by atoms with Crippen LogP contribution < -0.4 is 10.0 Å². The summed E-state index contributed by atoms with van der Waals surface area (Å²) in [4.78, 5) is 38.0. The van der Waals surface area contributed by atoms with Crippen molar-refractivity contribution in [2.45, 2.75) is 4.90 Å². The van der Waals surface area contributed by atoms with Crippen molar-refractivity contribution in [3.05, 3.63) is 70.4 Å². The number of carbonyl (C=O) groups excluding carboxylic acids is 3. The molecule has 1 aliphatic heterocycles. The Bertz CT molecular complexity index is 1280. The molecule has 1 heterocycles. The first-order valence-corrected chi connectivity index (χ1v) is 11.8. The summed E-state index contributed by atoms with van der Waals surface area (Å²) in [5.41, 5.74) is 0.259. The number of imide groups is 1. The van der Waals surface area contributed by atoms with Gasteiger partial charge >= 0.3 is 0 Å².